The molecular weight excluding hydrogens is 286 g/mol. The first-order valence-electron chi connectivity index (χ1n) is 5.29. The van der Waals surface area contributed by atoms with Crippen LogP contribution >= 0.6 is 23.4 Å². The highest BCUT2D eigenvalue weighted by molar-refractivity contribution is 7.99. The van der Waals surface area contributed by atoms with Crippen molar-refractivity contribution in [2.24, 2.45) is 5.84 Å². The van der Waals surface area contributed by atoms with Crippen molar-refractivity contribution in [3.8, 4) is 0 Å². The second-order valence-corrected chi connectivity index (χ2v) is 4.89. The van der Waals surface area contributed by atoms with Gasteiger partial charge in [0.05, 0.1) is 11.2 Å². The van der Waals surface area contributed by atoms with E-state index < -0.39 is 0 Å². The van der Waals surface area contributed by atoms with Crippen molar-refractivity contribution in [3.05, 3.63) is 35.5 Å². The summed E-state index contributed by atoms with van der Waals surface area (Å²) in [4.78, 5) is 12.4. The van der Waals surface area contributed by atoms with Crippen molar-refractivity contribution in [3.63, 3.8) is 0 Å². The van der Waals surface area contributed by atoms with Crippen LogP contribution in [0.5, 0.6) is 0 Å². The number of hydrogen-bond acceptors (Lipinski definition) is 7. The van der Waals surface area contributed by atoms with E-state index in [1.807, 2.05) is 24.3 Å². The first kappa shape index (κ1) is 12.2. The lowest BCUT2D eigenvalue weighted by Gasteiger charge is -2.02. The summed E-state index contributed by atoms with van der Waals surface area (Å²) in [5, 5.41) is 1.40. The number of hydrazine groups is 1. The molecule has 0 aliphatic rings. The highest BCUT2D eigenvalue weighted by Crippen LogP contribution is 2.32. The Labute approximate surface area is 117 Å². The summed E-state index contributed by atoms with van der Waals surface area (Å²) >= 11 is 7.23. The first-order chi connectivity index (χ1) is 9.26. The lowest BCUT2D eigenvalue weighted by molar-refractivity contribution is 0.489. The third-order valence-electron chi connectivity index (χ3n) is 2.30. The molecule has 3 aromatic rings. The predicted octanol–water partition coefficient (Wildman–Crippen LogP) is 2.71. The van der Waals surface area contributed by atoms with E-state index in [1.165, 1.54) is 18.0 Å². The van der Waals surface area contributed by atoms with Crippen molar-refractivity contribution in [1.82, 2.24) is 15.0 Å². The molecule has 3 N–H and O–H groups in total. The number of nitrogens with one attached hydrogen (secondary N) is 1. The number of hydrogen-bond donors (Lipinski definition) is 2. The quantitative estimate of drug-likeness (QED) is 0.436. The number of rotatable bonds is 3. The molecule has 96 valence electrons. The van der Waals surface area contributed by atoms with E-state index in [4.69, 9.17) is 21.9 Å². The smallest absolute Gasteiger partial charge is 0.263 e. The summed E-state index contributed by atoms with van der Waals surface area (Å²) in [5.74, 6) is 5.54. The fraction of sp³-hybridized carbons (Fsp3) is 0. The zero-order chi connectivity index (χ0) is 13.2. The molecule has 0 atom stereocenters. The van der Waals surface area contributed by atoms with Gasteiger partial charge in [0, 0.05) is 0 Å². The van der Waals surface area contributed by atoms with Crippen LogP contribution in [0.25, 0.3) is 11.1 Å². The Bertz CT molecular complexity index is 699. The van der Waals surface area contributed by atoms with Crippen LogP contribution < -0.4 is 11.3 Å². The number of nitrogen functional groups attached to an aromatic ring is 1. The molecule has 3 rings (SSSR count). The van der Waals surface area contributed by atoms with Gasteiger partial charge >= 0.3 is 0 Å². The highest BCUT2D eigenvalue weighted by atomic mass is 35.5. The van der Waals surface area contributed by atoms with Gasteiger partial charge in [-0.15, -0.1) is 0 Å². The molecule has 0 amide bonds. The normalized spacial score (nSPS) is 10.8. The number of aromatic nitrogens is 3. The van der Waals surface area contributed by atoms with Crippen LogP contribution in [0.1, 0.15) is 0 Å². The third-order valence-corrected chi connectivity index (χ3v) is 3.54. The van der Waals surface area contributed by atoms with Crippen LogP contribution in [-0.2, 0) is 0 Å². The molecular formula is C11H8ClN5OS. The molecule has 0 aliphatic carbocycles. The molecule has 0 bridgehead atoms. The molecule has 0 saturated heterocycles. The minimum Gasteiger partial charge on any atom is -0.431 e. The second-order valence-electron chi connectivity index (χ2n) is 3.54. The number of nitrogens with two attached hydrogens (primary N) is 1. The predicted molar refractivity (Wildman–Crippen MR) is 73.0 cm³/mol. The fourth-order valence-corrected chi connectivity index (χ4v) is 2.40. The van der Waals surface area contributed by atoms with E-state index in [9.17, 15) is 0 Å². The maximum absolute atomic E-state index is 6.02. The molecule has 19 heavy (non-hydrogen) atoms. The number of oxazole rings is 1. The molecule has 0 unspecified atom stereocenters. The van der Waals surface area contributed by atoms with E-state index in [0.717, 1.165) is 5.52 Å². The van der Waals surface area contributed by atoms with Gasteiger partial charge in [-0.2, -0.15) is 0 Å². The molecule has 0 fully saturated rings. The van der Waals surface area contributed by atoms with Gasteiger partial charge in [0.1, 0.15) is 10.5 Å². The average molecular weight is 294 g/mol. The van der Waals surface area contributed by atoms with Crippen LogP contribution in [0.4, 0.5) is 5.95 Å². The van der Waals surface area contributed by atoms with E-state index in [-0.39, 0.29) is 5.95 Å². The van der Waals surface area contributed by atoms with Gasteiger partial charge in [0.2, 0.25) is 5.95 Å². The Kier molecular flexibility index (Phi) is 3.24. The van der Waals surface area contributed by atoms with Gasteiger partial charge in [-0.25, -0.2) is 20.8 Å². The molecule has 2 aromatic heterocycles. The van der Waals surface area contributed by atoms with E-state index >= 15 is 0 Å². The maximum Gasteiger partial charge on any atom is 0.263 e. The van der Waals surface area contributed by atoms with Gasteiger partial charge in [-0.3, -0.25) is 5.43 Å². The summed E-state index contributed by atoms with van der Waals surface area (Å²) in [5.41, 5.74) is 3.86. The number of benzene rings is 1. The molecule has 0 radical (unpaired) electrons. The summed E-state index contributed by atoms with van der Waals surface area (Å²) in [6.45, 7) is 0. The summed E-state index contributed by atoms with van der Waals surface area (Å²) in [6, 6.07) is 7.50. The number of nitrogens with zero attached hydrogens (tertiary/aromatic N) is 3. The Morgan fingerprint density at radius 3 is 2.89 bits per heavy atom. The van der Waals surface area contributed by atoms with Gasteiger partial charge in [-0.05, 0) is 23.9 Å². The summed E-state index contributed by atoms with van der Waals surface area (Å²) in [6.07, 6.45) is 1.47. The van der Waals surface area contributed by atoms with E-state index in [2.05, 4.69) is 20.4 Å². The largest absolute Gasteiger partial charge is 0.431 e. The lowest BCUT2D eigenvalue weighted by atomic mass is 10.3. The molecule has 0 saturated carbocycles. The van der Waals surface area contributed by atoms with Gasteiger partial charge in [0.25, 0.3) is 5.22 Å². The van der Waals surface area contributed by atoms with Crippen molar-refractivity contribution < 1.29 is 4.42 Å². The van der Waals surface area contributed by atoms with Crippen LogP contribution in [-0.4, -0.2) is 15.0 Å². The number of para-hydroxylation sites is 2. The Morgan fingerprint density at radius 2 is 2.11 bits per heavy atom. The Balaban J connectivity index is 1.96. The molecule has 0 aliphatic heterocycles. The van der Waals surface area contributed by atoms with Crippen LogP contribution in [0.3, 0.4) is 0 Å². The van der Waals surface area contributed by atoms with Crippen molar-refractivity contribution in [2.75, 3.05) is 5.43 Å². The fourth-order valence-electron chi connectivity index (χ4n) is 1.47. The number of anilines is 1. The van der Waals surface area contributed by atoms with Crippen molar-refractivity contribution in [1.29, 1.82) is 0 Å². The minimum absolute atomic E-state index is 0.281. The van der Waals surface area contributed by atoms with Crippen molar-refractivity contribution in [2.45, 2.75) is 10.2 Å². The summed E-state index contributed by atoms with van der Waals surface area (Å²) in [7, 11) is 0. The van der Waals surface area contributed by atoms with Crippen LogP contribution in [0.15, 0.2) is 45.1 Å². The highest BCUT2D eigenvalue weighted by Gasteiger charge is 2.12. The maximum atomic E-state index is 6.02. The van der Waals surface area contributed by atoms with E-state index in [1.54, 1.807) is 0 Å². The summed E-state index contributed by atoms with van der Waals surface area (Å²) < 4.78 is 5.58. The lowest BCUT2D eigenvalue weighted by Crippen LogP contribution is -2.10. The molecule has 8 heteroatoms. The SMILES string of the molecule is NNc1ncc(Cl)c(Sc2nc3ccccc3o2)n1. The van der Waals surface area contributed by atoms with Crippen LogP contribution in [0, 0.1) is 0 Å². The average Bonchev–Trinajstić information content (AvgIpc) is 2.83. The van der Waals surface area contributed by atoms with Crippen molar-refractivity contribution >= 4 is 40.4 Å². The minimum atomic E-state index is 0.281. The molecule has 1 aromatic carbocycles. The standard InChI is InChI=1S/C11H8ClN5OS/c12-6-5-14-10(17-13)16-9(6)19-11-15-7-3-1-2-4-8(7)18-11/h1-5H,13H2,(H,14,16,17). The Morgan fingerprint density at radius 1 is 1.26 bits per heavy atom. The third kappa shape index (κ3) is 2.48. The first-order valence-corrected chi connectivity index (χ1v) is 6.48. The Hall–Kier alpha value is -1.83. The monoisotopic (exact) mass is 293 g/mol. The van der Waals surface area contributed by atoms with Crippen LogP contribution in [0.2, 0.25) is 5.02 Å². The molecule has 0 spiro atoms. The molecule has 6 nitrogen and oxygen atoms in total. The second kappa shape index (κ2) is 5.04. The number of fused-ring (bicyclic) bond motifs is 1. The van der Waals surface area contributed by atoms with Gasteiger partial charge in [-0.1, -0.05) is 23.7 Å². The zero-order valence-electron chi connectivity index (χ0n) is 9.50. The zero-order valence-corrected chi connectivity index (χ0v) is 11.1. The van der Waals surface area contributed by atoms with Gasteiger partial charge < -0.3 is 4.42 Å². The molecule has 2 heterocycles. The number of halogens is 1. The van der Waals surface area contributed by atoms with Gasteiger partial charge in [0.15, 0.2) is 5.58 Å². The topological polar surface area (TPSA) is 89.9 Å². The van der Waals surface area contributed by atoms with E-state index in [0.29, 0.717) is 20.9 Å².